The summed E-state index contributed by atoms with van der Waals surface area (Å²) in [5.74, 6) is -0.709. The molecule has 5 nitrogen and oxygen atoms in total. The quantitative estimate of drug-likeness (QED) is 0.740. The highest BCUT2D eigenvalue weighted by Gasteiger charge is 2.30. The van der Waals surface area contributed by atoms with E-state index in [1.807, 2.05) is 0 Å². The number of carboxylic acid groups (broad SMARTS) is 1. The Morgan fingerprint density at radius 3 is 2.35 bits per heavy atom. The van der Waals surface area contributed by atoms with Gasteiger partial charge in [0, 0.05) is 38.8 Å². The van der Waals surface area contributed by atoms with Gasteiger partial charge in [-0.2, -0.15) is 0 Å². The number of aliphatic carboxylic acids is 1. The molecule has 2 rings (SSSR count). The summed E-state index contributed by atoms with van der Waals surface area (Å²) >= 11 is 0. The molecule has 2 atom stereocenters. The summed E-state index contributed by atoms with van der Waals surface area (Å²) < 4.78 is 0. The van der Waals surface area contributed by atoms with Gasteiger partial charge in [-0.3, -0.25) is 14.6 Å². The molecule has 0 aliphatic carbocycles. The van der Waals surface area contributed by atoms with Crippen LogP contribution in [0.5, 0.6) is 0 Å². The average Bonchev–Trinajstić information content (AvgIpc) is 2.75. The second-order valence-electron chi connectivity index (χ2n) is 5.29. The number of likely N-dealkylation sites (tertiary alicyclic amines) is 1. The fourth-order valence-electron chi connectivity index (χ4n) is 2.86. The van der Waals surface area contributed by atoms with Crippen LogP contribution in [0.25, 0.3) is 0 Å². The van der Waals surface area contributed by atoms with Crippen LogP contribution in [-0.4, -0.2) is 84.2 Å². The Balaban J connectivity index is 1.80. The molecule has 98 valence electrons. The molecule has 2 unspecified atom stereocenters. The first-order valence-electron chi connectivity index (χ1n) is 6.47. The van der Waals surface area contributed by atoms with Crippen molar-refractivity contribution >= 4 is 5.97 Å². The third-order valence-electron chi connectivity index (χ3n) is 4.14. The highest BCUT2D eigenvalue weighted by molar-refractivity contribution is 5.72. The zero-order valence-electron chi connectivity index (χ0n) is 10.8. The topological polar surface area (TPSA) is 47.0 Å². The third kappa shape index (κ3) is 2.97. The van der Waals surface area contributed by atoms with Crippen LogP contribution in [-0.2, 0) is 4.79 Å². The first kappa shape index (κ1) is 12.8. The lowest BCUT2D eigenvalue weighted by molar-refractivity contribution is -0.143. The molecular formula is C12H23N3O2. The average molecular weight is 241 g/mol. The Kier molecular flexibility index (Phi) is 4.01. The van der Waals surface area contributed by atoms with Crippen molar-refractivity contribution in [2.75, 3.05) is 46.3 Å². The number of hydrogen-bond acceptors (Lipinski definition) is 4. The van der Waals surface area contributed by atoms with Crippen molar-refractivity contribution in [3.05, 3.63) is 0 Å². The Morgan fingerprint density at radius 2 is 1.88 bits per heavy atom. The van der Waals surface area contributed by atoms with E-state index in [-0.39, 0.29) is 6.04 Å². The summed E-state index contributed by atoms with van der Waals surface area (Å²) in [6.07, 6.45) is 1.25. The Morgan fingerprint density at radius 1 is 1.24 bits per heavy atom. The molecule has 2 heterocycles. The second kappa shape index (κ2) is 5.33. The van der Waals surface area contributed by atoms with E-state index in [9.17, 15) is 4.79 Å². The molecule has 17 heavy (non-hydrogen) atoms. The van der Waals surface area contributed by atoms with E-state index in [4.69, 9.17) is 5.11 Å². The van der Waals surface area contributed by atoms with Crippen LogP contribution in [0.4, 0.5) is 0 Å². The van der Waals surface area contributed by atoms with E-state index in [1.165, 1.54) is 13.0 Å². The van der Waals surface area contributed by atoms with Crippen LogP contribution in [0.15, 0.2) is 0 Å². The minimum absolute atomic E-state index is 0.344. The first-order valence-corrected chi connectivity index (χ1v) is 6.47. The SMILES string of the molecule is CC(C(=O)O)N1CCN(C2CCN(C)C2)CC1. The zero-order valence-corrected chi connectivity index (χ0v) is 10.8. The van der Waals surface area contributed by atoms with Crippen LogP contribution >= 0.6 is 0 Å². The predicted molar refractivity (Wildman–Crippen MR) is 66.1 cm³/mol. The molecule has 0 amide bonds. The highest BCUT2D eigenvalue weighted by Crippen LogP contribution is 2.16. The fourth-order valence-corrected chi connectivity index (χ4v) is 2.86. The summed E-state index contributed by atoms with van der Waals surface area (Å²) in [5, 5.41) is 8.98. The van der Waals surface area contributed by atoms with Gasteiger partial charge in [0.05, 0.1) is 0 Å². The van der Waals surface area contributed by atoms with Crippen LogP contribution in [0.3, 0.4) is 0 Å². The van der Waals surface area contributed by atoms with Crippen molar-refractivity contribution in [1.29, 1.82) is 0 Å². The van der Waals surface area contributed by atoms with Crippen molar-refractivity contribution in [2.45, 2.75) is 25.4 Å². The van der Waals surface area contributed by atoms with Gasteiger partial charge < -0.3 is 10.0 Å². The molecule has 5 heteroatoms. The normalized spacial score (nSPS) is 30.6. The highest BCUT2D eigenvalue weighted by atomic mass is 16.4. The van der Waals surface area contributed by atoms with Crippen molar-refractivity contribution in [2.24, 2.45) is 0 Å². The zero-order chi connectivity index (χ0) is 12.4. The minimum Gasteiger partial charge on any atom is -0.480 e. The molecule has 0 aromatic carbocycles. The van der Waals surface area contributed by atoms with Gasteiger partial charge in [-0.25, -0.2) is 0 Å². The van der Waals surface area contributed by atoms with Gasteiger partial charge in [-0.15, -0.1) is 0 Å². The molecule has 2 saturated heterocycles. The number of carboxylic acids is 1. The number of likely N-dealkylation sites (N-methyl/N-ethyl adjacent to an activating group) is 1. The van der Waals surface area contributed by atoms with Crippen molar-refractivity contribution < 1.29 is 9.90 Å². The molecule has 0 spiro atoms. The van der Waals surface area contributed by atoms with Gasteiger partial charge in [0.1, 0.15) is 6.04 Å². The molecule has 0 saturated carbocycles. The largest absolute Gasteiger partial charge is 0.480 e. The maximum absolute atomic E-state index is 10.9. The van der Waals surface area contributed by atoms with E-state index in [0.717, 1.165) is 32.7 Å². The second-order valence-corrected chi connectivity index (χ2v) is 5.29. The lowest BCUT2D eigenvalue weighted by atomic mass is 10.1. The lowest BCUT2D eigenvalue weighted by Gasteiger charge is -2.39. The predicted octanol–water partition coefficient (Wildman–Crippen LogP) is -0.219. The van der Waals surface area contributed by atoms with Gasteiger partial charge in [-0.05, 0) is 26.9 Å². The van der Waals surface area contributed by atoms with Crippen LogP contribution in [0.2, 0.25) is 0 Å². The molecule has 2 aliphatic heterocycles. The molecular weight excluding hydrogens is 218 g/mol. The van der Waals surface area contributed by atoms with Gasteiger partial charge in [0.15, 0.2) is 0 Å². The Bertz CT molecular complexity index is 277. The molecule has 0 radical (unpaired) electrons. The van der Waals surface area contributed by atoms with E-state index < -0.39 is 5.97 Å². The molecule has 0 aromatic rings. The summed E-state index contributed by atoms with van der Waals surface area (Å²) in [6, 6.07) is 0.339. The van der Waals surface area contributed by atoms with E-state index in [2.05, 4.69) is 21.7 Å². The third-order valence-corrected chi connectivity index (χ3v) is 4.14. The van der Waals surface area contributed by atoms with E-state index >= 15 is 0 Å². The smallest absolute Gasteiger partial charge is 0.320 e. The van der Waals surface area contributed by atoms with Crippen molar-refractivity contribution in [3.63, 3.8) is 0 Å². The maximum atomic E-state index is 10.9. The van der Waals surface area contributed by atoms with E-state index in [1.54, 1.807) is 6.92 Å². The molecule has 1 N–H and O–H groups in total. The minimum atomic E-state index is -0.709. The first-order chi connectivity index (χ1) is 8.08. The number of hydrogen-bond donors (Lipinski definition) is 1. The molecule has 2 fully saturated rings. The van der Waals surface area contributed by atoms with Crippen LogP contribution in [0.1, 0.15) is 13.3 Å². The molecule has 0 bridgehead atoms. The van der Waals surface area contributed by atoms with Crippen LogP contribution in [0, 0.1) is 0 Å². The molecule has 2 aliphatic rings. The fraction of sp³-hybridized carbons (Fsp3) is 0.917. The van der Waals surface area contributed by atoms with Gasteiger partial charge >= 0.3 is 5.97 Å². The number of rotatable bonds is 3. The van der Waals surface area contributed by atoms with Gasteiger partial charge in [-0.1, -0.05) is 0 Å². The number of nitrogens with zero attached hydrogens (tertiary/aromatic N) is 3. The van der Waals surface area contributed by atoms with Crippen molar-refractivity contribution in [3.8, 4) is 0 Å². The Hall–Kier alpha value is -0.650. The lowest BCUT2D eigenvalue weighted by Crippen LogP contribution is -2.54. The summed E-state index contributed by atoms with van der Waals surface area (Å²) in [7, 11) is 2.17. The standard InChI is InChI=1S/C12H23N3O2/c1-10(12(16)17)14-5-7-15(8-6-14)11-3-4-13(2)9-11/h10-11H,3-9H2,1-2H3,(H,16,17). The summed E-state index contributed by atoms with van der Waals surface area (Å²) in [4.78, 5) is 17.9. The Labute approximate surface area is 103 Å². The summed E-state index contributed by atoms with van der Waals surface area (Å²) in [5.41, 5.74) is 0. The van der Waals surface area contributed by atoms with E-state index in [0.29, 0.717) is 6.04 Å². The van der Waals surface area contributed by atoms with Crippen LogP contribution < -0.4 is 0 Å². The molecule has 0 aromatic heterocycles. The number of piperazine rings is 1. The summed E-state index contributed by atoms with van der Waals surface area (Å²) in [6.45, 7) is 7.92. The van der Waals surface area contributed by atoms with Gasteiger partial charge in [0.2, 0.25) is 0 Å². The number of carbonyl (C=O) groups is 1. The maximum Gasteiger partial charge on any atom is 0.320 e. The monoisotopic (exact) mass is 241 g/mol. The van der Waals surface area contributed by atoms with Gasteiger partial charge in [0.25, 0.3) is 0 Å². The van der Waals surface area contributed by atoms with Crippen molar-refractivity contribution in [1.82, 2.24) is 14.7 Å².